The van der Waals surface area contributed by atoms with Gasteiger partial charge in [0.2, 0.25) is 5.91 Å². The van der Waals surface area contributed by atoms with E-state index in [1.54, 1.807) is 14.2 Å². The van der Waals surface area contributed by atoms with Crippen molar-refractivity contribution in [3.63, 3.8) is 0 Å². The number of methoxy groups -OCH3 is 1. The number of ether oxygens (including phenoxy) is 1. The predicted molar refractivity (Wildman–Crippen MR) is 113 cm³/mol. The molecule has 10 heteroatoms. The summed E-state index contributed by atoms with van der Waals surface area (Å²) in [6.07, 6.45) is 0. The lowest BCUT2D eigenvalue weighted by atomic mass is 10.2. The molecule has 0 spiro atoms. The largest absolute Gasteiger partial charge is 0.497 e. The van der Waals surface area contributed by atoms with E-state index in [0.29, 0.717) is 19.0 Å². The van der Waals surface area contributed by atoms with Crippen molar-refractivity contribution in [1.29, 1.82) is 0 Å². The van der Waals surface area contributed by atoms with Crippen LogP contribution >= 0.6 is 0 Å². The molecular weight excluding hydrogens is 411 g/mol. The molecule has 0 unspecified atom stereocenters. The summed E-state index contributed by atoms with van der Waals surface area (Å²) < 4.78 is 45.2. The Morgan fingerprint density at radius 2 is 1.71 bits per heavy atom. The molecule has 1 amide bonds. The van der Waals surface area contributed by atoms with Gasteiger partial charge >= 0.3 is 0 Å². The summed E-state index contributed by atoms with van der Waals surface area (Å²) in [5.74, 6) is -3.67. The number of guanidine groups is 1. The fraction of sp³-hybridized carbons (Fsp3) is 0.333. The summed E-state index contributed by atoms with van der Waals surface area (Å²) >= 11 is 0. The van der Waals surface area contributed by atoms with E-state index in [4.69, 9.17) is 4.74 Å². The maximum atomic E-state index is 13.7. The van der Waals surface area contributed by atoms with Gasteiger partial charge in [0.15, 0.2) is 23.4 Å². The number of hydrogen-bond donors (Lipinski definition) is 2. The van der Waals surface area contributed by atoms with E-state index in [0.717, 1.165) is 36.7 Å². The van der Waals surface area contributed by atoms with E-state index in [-0.39, 0.29) is 6.54 Å². The molecule has 1 heterocycles. The number of aliphatic imine (C=N–C) groups is 1. The number of rotatable bonds is 5. The maximum Gasteiger partial charge on any atom is 0.243 e. The second-order valence-corrected chi connectivity index (χ2v) is 6.84. The second kappa shape index (κ2) is 10.1. The number of carbonyl (C=O) groups excluding carboxylic acids is 1. The number of halogens is 3. The smallest absolute Gasteiger partial charge is 0.243 e. The molecule has 31 heavy (non-hydrogen) atoms. The normalized spacial score (nSPS) is 14.4. The number of anilines is 2. The van der Waals surface area contributed by atoms with E-state index >= 15 is 0 Å². The van der Waals surface area contributed by atoms with Crippen LogP contribution in [0.1, 0.15) is 0 Å². The zero-order valence-electron chi connectivity index (χ0n) is 17.3. The topological polar surface area (TPSA) is 69.2 Å². The van der Waals surface area contributed by atoms with Gasteiger partial charge in [-0.15, -0.1) is 0 Å². The van der Waals surface area contributed by atoms with Gasteiger partial charge in [0, 0.05) is 38.9 Å². The molecule has 0 aliphatic carbocycles. The van der Waals surface area contributed by atoms with Crippen molar-refractivity contribution in [1.82, 2.24) is 10.2 Å². The number of hydrogen-bond acceptors (Lipinski definition) is 4. The van der Waals surface area contributed by atoms with Gasteiger partial charge in [-0.25, -0.2) is 13.2 Å². The minimum absolute atomic E-state index is 0.205. The van der Waals surface area contributed by atoms with Crippen LogP contribution < -0.4 is 20.3 Å². The van der Waals surface area contributed by atoms with Gasteiger partial charge < -0.3 is 25.2 Å². The van der Waals surface area contributed by atoms with Crippen molar-refractivity contribution in [2.24, 2.45) is 4.99 Å². The van der Waals surface area contributed by atoms with Gasteiger partial charge in [-0.3, -0.25) is 9.79 Å². The minimum Gasteiger partial charge on any atom is -0.497 e. The van der Waals surface area contributed by atoms with Crippen molar-refractivity contribution in [2.75, 3.05) is 57.1 Å². The second-order valence-electron chi connectivity index (χ2n) is 6.84. The lowest BCUT2D eigenvalue weighted by molar-refractivity contribution is -0.115. The van der Waals surface area contributed by atoms with E-state index < -0.39 is 29.0 Å². The van der Waals surface area contributed by atoms with Crippen LogP contribution in [0.4, 0.5) is 24.5 Å². The lowest BCUT2D eigenvalue weighted by Crippen LogP contribution is -2.53. The monoisotopic (exact) mass is 435 g/mol. The zero-order chi connectivity index (χ0) is 22.4. The molecule has 2 N–H and O–H groups in total. The van der Waals surface area contributed by atoms with Crippen LogP contribution in [0.3, 0.4) is 0 Å². The van der Waals surface area contributed by atoms with E-state index in [2.05, 4.69) is 20.5 Å². The molecule has 166 valence electrons. The Morgan fingerprint density at radius 3 is 2.32 bits per heavy atom. The quantitative estimate of drug-likeness (QED) is 0.429. The van der Waals surface area contributed by atoms with Gasteiger partial charge in [0.1, 0.15) is 5.75 Å². The summed E-state index contributed by atoms with van der Waals surface area (Å²) in [6.45, 7) is 2.69. The third-order valence-corrected chi connectivity index (χ3v) is 4.94. The van der Waals surface area contributed by atoms with Crippen LogP contribution in [0, 0.1) is 17.5 Å². The molecule has 1 saturated heterocycles. The van der Waals surface area contributed by atoms with Gasteiger partial charge in [-0.05, 0) is 36.4 Å². The van der Waals surface area contributed by atoms with Gasteiger partial charge in [-0.2, -0.15) is 0 Å². The van der Waals surface area contributed by atoms with Crippen LogP contribution in [0.25, 0.3) is 0 Å². The van der Waals surface area contributed by atoms with E-state index in [1.165, 1.54) is 0 Å². The first-order valence-corrected chi connectivity index (χ1v) is 9.71. The average Bonchev–Trinajstić information content (AvgIpc) is 2.80. The number of piperazine rings is 1. The molecule has 2 aromatic rings. The summed E-state index contributed by atoms with van der Waals surface area (Å²) in [6, 6.07) is 9.56. The summed E-state index contributed by atoms with van der Waals surface area (Å²) in [7, 11) is 3.23. The Bertz CT molecular complexity index is 945. The number of amides is 1. The summed E-state index contributed by atoms with van der Waals surface area (Å²) in [5, 5.41) is 5.14. The highest BCUT2D eigenvalue weighted by Crippen LogP contribution is 2.21. The van der Waals surface area contributed by atoms with E-state index in [9.17, 15) is 18.0 Å². The third kappa shape index (κ3) is 5.39. The summed E-state index contributed by atoms with van der Waals surface area (Å²) in [4.78, 5) is 20.5. The Morgan fingerprint density at radius 1 is 1.03 bits per heavy atom. The van der Waals surface area contributed by atoms with Gasteiger partial charge in [0.05, 0.1) is 19.3 Å². The molecule has 0 aromatic heterocycles. The molecule has 2 aromatic carbocycles. The molecule has 0 radical (unpaired) electrons. The van der Waals surface area contributed by atoms with Crippen LogP contribution in [-0.2, 0) is 4.79 Å². The third-order valence-electron chi connectivity index (χ3n) is 4.94. The Balaban J connectivity index is 1.50. The molecule has 0 saturated carbocycles. The highest BCUT2D eigenvalue weighted by molar-refractivity contribution is 5.95. The standard InChI is InChI=1S/C21H24F3N5O2/c1-25-21(26-13-18(30)27-17-8-7-16(22)19(23)20(17)24)29-11-9-28(10-12-29)14-3-5-15(31-2)6-4-14/h3-8H,9-13H2,1-2H3,(H,25,26)(H,27,30). The molecule has 3 rings (SSSR count). The first-order valence-electron chi connectivity index (χ1n) is 9.71. The maximum absolute atomic E-state index is 13.7. The van der Waals surface area contributed by atoms with Crippen molar-refractivity contribution in [3.05, 3.63) is 53.8 Å². The highest BCUT2D eigenvalue weighted by atomic mass is 19.2. The first-order chi connectivity index (χ1) is 14.9. The highest BCUT2D eigenvalue weighted by Gasteiger charge is 2.21. The molecule has 7 nitrogen and oxygen atoms in total. The van der Waals surface area contributed by atoms with Gasteiger partial charge in [0.25, 0.3) is 0 Å². The van der Waals surface area contributed by atoms with Crippen LogP contribution in [-0.4, -0.2) is 63.6 Å². The molecule has 0 bridgehead atoms. The SMILES string of the molecule is CN=C(NCC(=O)Nc1ccc(F)c(F)c1F)N1CCN(c2ccc(OC)cc2)CC1. The van der Waals surface area contributed by atoms with Crippen LogP contribution in [0.5, 0.6) is 5.75 Å². The fourth-order valence-corrected chi connectivity index (χ4v) is 3.28. The first kappa shape index (κ1) is 22.3. The number of benzene rings is 2. The van der Waals surface area contributed by atoms with Crippen molar-refractivity contribution in [3.8, 4) is 5.75 Å². The molecule has 1 fully saturated rings. The molecule has 0 atom stereocenters. The Hall–Kier alpha value is -3.43. The zero-order valence-corrected chi connectivity index (χ0v) is 17.3. The number of nitrogens with one attached hydrogen (secondary N) is 2. The molecular formula is C21H24F3N5O2. The minimum atomic E-state index is -1.63. The van der Waals surface area contributed by atoms with Gasteiger partial charge in [-0.1, -0.05) is 0 Å². The predicted octanol–water partition coefficient (Wildman–Crippen LogP) is 2.45. The number of carbonyl (C=O) groups is 1. The van der Waals surface area contributed by atoms with Crippen LogP contribution in [0.15, 0.2) is 41.4 Å². The van der Waals surface area contributed by atoms with Crippen molar-refractivity contribution < 1.29 is 22.7 Å². The molecule has 1 aliphatic heterocycles. The fourth-order valence-electron chi connectivity index (χ4n) is 3.28. The van der Waals surface area contributed by atoms with Crippen molar-refractivity contribution >= 4 is 23.2 Å². The molecule has 1 aliphatic rings. The van der Waals surface area contributed by atoms with Crippen LogP contribution in [0.2, 0.25) is 0 Å². The van der Waals surface area contributed by atoms with Crippen molar-refractivity contribution in [2.45, 2.75) is 0 Å². The average molecular weight is 435 g/mol. The Kier molecular flexibility index (Phi) is 7.22. The Labute approximate surface area is 178 Å². The lowest BCUT2D eigenvalue weighted by Gasteiger charge is -2.37. The summed E-state index contributed by atoms with van der Waals surface area (Å²) in [5.41, 5.74) is 0.671. The number of nitrogens with zero attached hydrogens (tertiary/aromatic N) is 3. The van der Waals surface area contributed by atoms with E-state index in [1.807, 2.05) is 29.2 Å².